The molecule has 0 N–H and O–H groups in total. The van der Waals surface area contributed by atoms with Crippen molar-refractivity contribution in [3.63, 3.8) is 0 Å². The lowest BCUT2D eigenvalue weighted by Gasteiger charge is -2.22. The number of nitrogens with zero attached hydrogens (tertiary/aromatic N) is 2. The van der Waals surface area contributed by atoms with Crippen LogP contribution >= 0.6 is 11.6 Å². The van der Waals surface area contributed by atoms with E-state index in [0.29, 0.717) is 17.0 Å². The van der Waals surface area contributed by atoms with Gasteiger partial charge >= 0.3 is 0 Å². The summed E-state index contributed by atoms with van der Waals surface area (Å²) >= 11 is 6.27. The lowest BCUT2D eigenvalue weighted by atomic mass is 9.98. The van der Waals surface area contributed by atoms with Gasteiger partial charge in [0, 0.05) is 30.4 Å². The molecule has 1 aromatic heterocycles. The topological polar surface area (TPSA) is 35.0 Å². The third-order valence-electron chi connectivity index (χ3n) is 3.27. The number of hydrogen-bond donors (Lipinski definition) is 0. The minimum Gasteiger partial charge on any atom is -0.381 e. The van der Waals surface area contributed by atoms with Gasteiger partial charge in [-0.05, 0) is 25.7 Å². The molecule has 0 aromatic carbocycles. The Labute approximate surface area is 108 Å². The van der Waals surface area contributed by atoms with E-state index in [9.17, 15) is 0 Å². The highest BCUT2D eigenvalue weighted by atomic mass is 35.5. The van der Waals surface area contributed by atoms with E-state index in [4.69, 9.17) is 16.3 Å². The lowest BCUT2D eigenvalue weighted by Crippen LogP contribution is -2.17. The minimum absolute atomic E-state index is 0.367. The van der Waals surface area contributed by atoms with Crippen molar-refractivity contribution >= 4 is 11.6 Å². The molecule has 17 heavy (non-hydrogen) atoms. The van der Waals surface area contributed by atoms with E-state index in [1.807, 2.05) is 6.92 Å². The van der Waals surface area contributed by atoms with Crippen molar-refractivity contribution < 1.29 is 4.74 Å². The minimum atomic E-state index is 0.367. The molecule has 2 heterocycles. The maximum Gasteiger partial charge on any atom is 0.136 e. The Hall–Kier alpha value is -0.670. The quantitative estimate of drug-likeness (QED) is 0.759. The molecule has 1 fully saturated rings. The van der Waals surface area contributed by atoms with E-state index >= 15 is 0 Å². The first-order chi connectivity index (χ1) is 8.09. The van der Waals surface area contributed by atoms with Crippen LogP contribution in [0.3, 0.4) is 0 Å². The standard InChI is InChI=1S/C13H19ClN2O/c1-8(2)11-9(3)15-13(16-12(11)14)10-4-6-17-7-5-10/h8,10H,4-7H2,1-3H3. The van der Waals surface area contributed by atoms with Gasteiger partial charge in [-0.1, -0.05) is 25.4 Å². The molecule has 0 radical (unpaired) electrons. The molecule has 0 amide bonds. The maximum atomic E-state index is 6.27. The number of halogens is 1. The van der Waals surface area contributed by atoms with Gasteiger partial charge in [0.25, 0.3) is 0 Å². The van der Waals surface area contributed by atoms with Crippen LogP contribution in [0.4, 0.5) is 0 Å². The van der Waals surface area contributed by atoms with Gasteiger partial charge in [-0.3, -0.25) is 0 Å². The molecular formula is C13H19ClN2O. The van der Waals surface area contributed by atoms with Crippen LogP contribution in [0.25, 0.3) is 0 Å². The third kappa shape index (κ3) is 2.78. The molecule has 0 spiro atoms. The van der Waals surface area contributed by atoms with Crippen LogP contribution in [0.2, 0.25) is 5.15 Å². The molecule has 4 heteroatoms. The fourth-order valence-corrected chi connectivity index (χ4v) is 2.80. The highest BCUT2D eigenvalue weighted by Gasteiger charge is 2.21. The van der Waals surface area contributed by atoms with Crippen LogP contribution in [-0.4, -0.2) is 23.2 Å². The van der Waals surface area contributed by atoms with Gasteiger partial charge in [0.15, 0.2) is 0 Å². The lowest BCUT2D eigenvalue weighted by molar-refractivity contribution is 0.0835. The van der Waals surface area contributed by atoms with Gasteiger partial charge in [0.1, 0.15) is 11.0 Å². The van der Waals surface area contributed by atoms with E-state index in [1.165, 1.54) is 0 Å². The van der Waals surface area contributed by atoms with Crippen molar-refractivity contribution in [2.45, 2.75) is 45.4 Å². The predicted molar refractivity (Wildman–Crippen MR) is 68.7 cm³/mol. The molecule has 0 unspecified atom stereocenters. The predicted octanol–water partition coefficient (Wildman–Crippen LogP) is 3.46. The summed E-state index contributed by atoms with van der Waals surface area (Å²) in [7, 11) is 0. The Kier molecular flexibility index (Phi) is 4.00. The number of aryl methyl sites for hydroxylation is 1. The number of aromatic nitrogens is 2. The van der Waals surface area contributed by atoms with Crippen molar-refractivity contribution in [3.05, 3.63) is 22.2 Å². The number of rotatable bonds is 2. The van der Waals surface area contributed by atoms with Crippen molar-refractivity contribution in [1.82, 2.24) is 9.97 Å². The van der Waals surface area contributed by atoms with Gasteiger partial charge in [-0.25, -0.2) is 9.97 Å². The van der Waals surface area contributed by atoms with Gasteiger partial charge in [-0.15, -0.1) is 0 Å². The first kappa shape index (κ1) is 12.8. The van der Waals surface area contributed by atoms with Crippen LogP contribution in [0.5, 0.6) is 0 Å². The molecule has 0 atom stereocenters. The summed E-state index contributed by atoms with van der Waals surface area (Å²) in [5, 5.41) is 0.619. The van der Waals surface area contributed by atoms with E-state index in [2.05, 4.69) is 23.8 Å². The summed E-state index contributed by atoms with van der Waals surface area (Å²) in [6.45, 7) is 7.86. The molecule has 1 aromatic rings. The molecule has 1 aliphatic heterocycles. The average Bonchev–Trinajstić information content (AvgIpc) is 2.28. The highest BCUT2D eigenvalue weighted by molar-refractivity contribution is 6.30. The van der Waals surface area contributed by atoms with Gasteiger partial charge < -0.3 is 4.74 Å². The van der Waals surface area contributed by atoms with Crippen LogP contribution in [0.1, 0.15) is 55.6 Å². The van der Waals surface area contributed by atoms with Crippen LogP contribution in [-0.2, 0) is 4.74 Å². The molecule has 3 nitrogen and oxygen atoms in total. The van der Waals surface area contributed by atoms with Crippen LogP contribution in [0.15, 0.2) is 0 Å². The summed E-state index contributed by atoms with van der Waals surface area (Å²) in [5.41, 5.74) is 2.09. The van der Waals surface area contributed by atoms with Gasteiger partial charge in [0.05, 0.1) is 0 Å². The fraction of sp³-hybridized carbons (Fsp3) is 0.692. The molecule has 1 saturated heterocycles. The van der Waals surface area contributed by atoms with E-state index in [0.717, 1.165) is 43.1 Å². The van der Waals surface area contributed by atoms with E-state index in [-0.39, 0.29) is 0 Å². The normalized spacial score (nSPS) is 17.7. The molecular weight excluding hydrogens is 236 g/mol. The van der Waals surface area contributed by atoms with E-state index in [1.54, 1.807) is 0 Å². The number of hydrogen-bond acceptors (Lipinski definition) is 3. The Balaban J connectivity index is 2.31. The molecule has 1 aliphatic rings. The zero-order valence-corrected chi connectivity index (χ0v) is 11.4. The molecule has 0 saturated carbocycles. The molecule has 0 bridgehead atoms. The first-order valence-corrected chi connectivity index (χ1v) is 6.59. The van der Waals surface area contributed by atoms with Crippen molar-refractivity contribution in [3.8, 4) is 0 Å². The van der Waals surface area contributed by atoms with Crippen molar-refractivity contribution in [2.75, 3.05) is 13.2 Å². The number of ether oxygens (including phenoxy) is 1. The van der Waals surface area contributed by atoms with E-state index < -0.39 is 0 Å². The van der Waals surface area contributed by atoms with Crippen LogP contribution < -0.4 is 0 Å². The highest BCUT2D eigenvalue weighted by Crippen LogP contribution is 2.29. The summed E-state index contributed by atoms with van der Waals surface area (Å²) in [4.78, 5) is 9.11. The van der Waals surface area contributed by atoms with Gasteiger partial charge in [0.2, 0.25) is 0 Å². The SMILES string of the molecule is Cc1nc(C2CCOCC2)nc(Cl)c1C(C)C. The van der Waals surface area contributed by atoms with Gasteiger partial charge in [-0.2, -0.15) is 0 Å². The molecule has 94 valence electrons. The fourth-order valence-electron chi connectivity index (χ4n) is 2.36. The molecule has 2 rings (SSSR count). The summed E-state index contributed by atoms with van der Waals surface area (Å²) < 4.78 is 5.36. The third-order valence-corrected chi connectivity index (χ3v) is 3.56. The summed E-state index contributed by atoms with van der Waals surface area (Å²) in [6, 6.07) is 0. The van der Waals surface area contributed by atoms with Crippen molar-refractivity contribution in [2.24, 2.45) is 0 Å². The average molecular weight is 255 g/mol. The molecule has 0 aliphatic carbocycles. The van der Waals surface area contributed by atoms with Crippen molar-refractivity contribution in [1.29, 1.82) is 0 Å². The summed E-state index contributed by atoms with van der Waals surface area (Å²) in [5.74, 6) is 1.66. The first-order valence-electron chi connectivity index (χ1n) is 6.21. The largest absolute Gasteiger partial charge is 0.381 e. The second-order valence-electron chi connectivity index (χ2n) is 4.91. The maximum absolute atomic E-state index is 6.27. The Bertz CT molecular complexity index is 377. The zero-order chi connectivity index (χ0) is 12.4. The smallest absolute Gasteiger partial charge is 0.136 e. The Morgan fingerprint density at radius 2 is 1.88 bits per heavy atom. The van der Waals surface area contributed by atoms with Crippen LogP contribution in [0, 0.1) is 6.92 Å². The Morgan fingerprint density at radius 3 is 2.41 bits per heavy atom. The monoisotopic (exact) mass is 254 g/mol. The second-order valence-corrected chi connectivity index (χ2v) is 5.27. The Morgan fingerprint density at radius 1 is 1.24 bits per heavy atom. The second kappa shape index (κ2) is 5.32. The zero-order valence-electron chi connectivity index (χ0n) is 10.7. The summed E-state index contributed by atoms with van der Waals surface area (Å²) in [6.07, 6.45) is 1.99.